The Balaban J connectivity index is 2.23. The highest BCUT2D eigenvalue weighted by molar-refractivity contribution is 7.89. The number of rotatable bonds is 6. The molecule has 0 aliphatic heterocycles. The second-order valence-electron chi connectivity index (χ2n) is 6.08. The minimum absolute atomic E-state index is 0.0201. The van der Waals surface area contributed by atoms with E-state index in [4.69, 9.17) is 4.74 Å². The molecule has 0 spiro atoms. The van der Waals surface area contributed by atoms with Gasteiger partial charge in [0.1, 0.15) is 5.75 Å². The molecule has 0 aromatic heterocycles. The molecule has 0 bridgehead atoms. The Morgan fingerprint density at radius 1 is 1.21 bits per heavy atom. The molecule has 2 N–H and O–H groups in total. The number of ether oxygens (including phenoxy) is 1. The minimum atomic E-state index is -3.62. The number of carbonyl (C=O) groups is 1. The Labute approximate surface area is 144 Å². The average molecular weight is 354 g/mol. The fourth-order valence-corrected chi connectivity index (χ4v) is 4.26. The van der Waals surface area contributed by atoms with Gasteiger partial charge in [-0.1, -0.05) is 25.7 Å². The first-order valence-electron chi connectivity index (χ1n) is 8.49. The Hall–Kier alpha value is -1.60. The van der Waals surface area contributed by atoms with Gasteiger partial charge in [-0.25, -0.2) is 13.1 Å². The summed E-state index contributed by atoms with van der Waals surface area (Å²) >= 11 is 0. The smallest absolute Gasteiger partial charge is 0.240 e. The van der Waals surface area contributed by atoms with Gasteiger partial charge < -0.3 is 10.1 Å². The Kier molecular flexibility index (Phi) is 6.62. The van der Waals surface area contributed by atoms with Crippen LogP contribution in [-0.2, 0) is 14.8 Å². The van der Waals surface area contributed by atoms with Crippen molar-refractivity contribution in [1.82, 2.24) is 4.72 Å². The van der Waals surface area contributed by atoms with Crippen LogP contribution >= 0.6 is 0 Å². The molecule has 1 saturated carbocycles. The van der Waals surface area contributed by atoms with Crippen LogP contribution in [0.4, 0.5) is 5.69 Å². The molecule has 6 nitrogen and oxygen atoms in total. The van der Waals surface area contributed by atoms with E-state index in [9.17, 15) is 13.2 Å². The van der Waals surface area contributed by atoms with Gasteiger partial charge in [-0.15, -0.1) is 0 Å². The van der Waals surface area contributed by atoms with E-state index in [0.29, 0.717) is 18.0 Å². The van der Waals surface area contributed by atoms with Crippen molar-refractivity contribution >= 4 is 21.6 Å². The number of nitrogens with one attached hydrogen (secondary N) is 2. The van der Waals surface area contributed by atoms with Crippen molar-refractivity contribution in [3.63, 3.8) is 0 Å². The Morgan fingerprint density at radius 2 is 1.88 bits per heavy atom. The lowest BCUT2D eigenvalue weighted by Crippen LogP contribution is -2.34. The SMILES string of the molecule is CCOc1ccc(S(=O)(=O)NC2CCCCCC2)cc1NC(C)=O. The molecule has 1 aromatic carbocycles. The van der Waals surface area contributed by atoms with Crippen LogP contribution < -0.4 is 14.8 Å². The topological polar surface area (TPSA) is 84.5 Å². The van der Waals surface area contributed by atoms with Crippen molar-refractivity contribution in [2.75, 3.05) is 11.9 Å². The van der Waals surface area contributed by atoms with E-state index in [1.165, 1.54) is 19.1 Å². The molecule has 0 radical (unpaired) electrons. The summed E-state index contributed by atoms with van der Waals surface area (Å²) in [6.07, 6.45) is 6.16. The number of anilines is 1. The number of carbonyl (C=O) groups excluding carboxylic acids is 1. The fourth-order valence-electron chi connectivity index (χ4n) is 2.93. The maximum absolute atomic E-state index is 12.7. The second-order valence-corrected chi connectivity index (χ2v) is 7.80. The molecule has 1 aliphatic rings. The van der Waals surface area contributed by atoms with E-state index in [2.05, 4.69) is 10.0 Å². The molecule has 0 heterocycles. The van der Waals surface area contributed by atoms with E-state index in [1.54, 1.807) is 6.07 Å². The van der Waals surface area contributed by atoms with Crippen LogP contribution in [0.25, 0.3) is 0 Å². The third-order valence-electron chi connectivity index (χ3n) is 4.05. The summed E-state index contributed by atoms with van der Waals surface area (Å²) in [6.45, 7) is 3.63. The Bertz CT molecular complexity index is 665. The number of benzene rings is 1. The zero-order chi connectivity index (χ0) is 17.6. The van der Waals surface area contributed by atoms with Gasteiger partial charge in [0, 0.05) is 13.0 Å². The van der Waals surface area contributed by atoms with Crippen LogP contribution in [0, 0.1) is 0 Å². The van der Waals surface area contributed by atoms with Crippen molar-refractivity contribution < 1.29 is 17.9 Å². The van der Waals surface area contributed by atoms with Gasteiger partial charge in [-0.3, -0.25) is 4.79 Å². The van der Waals surface area contributed by atoms with Gasteiger partial charge in [0.2, 0.25) is 15.9 Å². The normalized spacial score (nSPS) is 16.4. The van der Waals surface area contributed by atoms with Crippen LogP contribution in [0.5, 0.6) is 5.75 Å². The lowest BCUT2D eigenvalue weighted by atomic mass is 10.1. The highest BCUT2D eigenvalue weighted by atomic mass is 32.2. The zero-order valence-electron chi connectivity index (χ0n) is 14.3. The largest absolute Gasteiger partial charge is 0.492 e. The molecule has 2 rings (SSSR count). The minimum Gasteiger partial charge on any atom is -0.492 e. The monoisotopic (exact) mass is 354 g/mol. The summed E-state index contributed by atoms with van der Waals surface area (Å²) in [5.74, 6) is 0.184. The summed E-state index contributed by atoms with van der Waals surface area (Å²) in [5, 5.41) is 2.63. The van der Waals surface area contributed by atoms with Gasteiger partial charge in [-0.05, 0) is 38.0 Å². The standard InChI is InChI=1S/C17H26N2O4S/c1-3-23-17-11-10-15(12-16(17)18-13(2)20)24(21,22)19-14-8-6-4-5-7-9-14/h10-12,14,19H,3-9H2,1-2H3,(H,18,20). The maximum atomic E-state index is 12.7. The van der Waals surface area contributed by atoms with Crippen molar-refractivity contribution in [2.45, 2.75) is 63.3 Å². The van der Waals surface area contributed by atoms with Crippen LogP contribution in [0.15, 0.2) is 23.1 Å². The van der Waals surface area contributed by atoms with Crippen LogP contribution in [-0.4, -0.2) is 27.0 Å². The number of sulfonamides is 1. The summed E-state index contributed by atoms with van der Waals surface area (Å²) in [5.41, 5.74) is 0.369. The van der Waals surface area contributed by atoms with E-state index in [0.717, 1.165) is 38.5 Å². The highest BCUT2D eigenvalue weighted by Gasteiger charge is 2.22. The molecule has 0 atom stereocenters. The third kappa shape index (κ3) is 5.21. The van der Waals surface area contributed by atoms with Crippen molar-refractivity contribution in [3.8, 4) is 5.75 Å². The molecule has 0 saturated heterocycles. The van der Waals surface area contributed by atoms with Crippen LogP contribution in [0.3, 0.4) is 0 Å². The van der Waals surface area contributed by atoms with Crippen molar-refractivity contribution in [1.29, 1.82) is 0 Å². The highest BCUT2D eigenvalue weighted by Crippen LogP contribution is 2.28. The van der Waals surface area contributed by atoms with E-state index in [-0.39, 0.29) is 16.8 Å². The molecular weight excluding hydrogens is 328 g/mol. The lowest BCUT2D eigenvalue weighted by Gasteiger charge is -2.18. The van der Waals surface area contributed by atoms with Gasteiger partial charge in [0.25, 0.3) is 0 Å². The first kappa shape index (κ1) is 18.7. The Morgan fingerprint density at radius 3 is 2.46 bits per heavy atom. The number of amides is 1. The summed E-state index contributed by atoms with van der Waals surface area (Å²) in [7, 11) is -3.62. The van der Waals surface area contributed by atoms with E-state index >= 15 is 0 Å². The molecule has 1 fully saturated rings. The molecule has 1 aliphatic carbocycles. The predicted octanol–water partition coefficient (Wildman–Crippen LogP) is 3.04. The predicted molar refractivity (Wildman–Crippen MR) is 93.7 cm³/mol. The summed E-state index contributed by atoms with van der Waals surface area (Å²) in [6, 6.07) is 4.52. The van der Waals surface area contributed by atoms with Gasteiger partial charge in [-0.2, -0.15) is 0 Å². The molecule has 1 amide bonds. The maximum Gasteiger partial charge on any atom is 0.240 e. The quantitative estimate of drug-likeness (QED) is 0.769. The molecule has 24 heavy (non-hydrogen) atoms. The average Bonchev–Trinajstić information content (AvgIpc) is 2.76. The fraction of sp³-hybridized carbons (Fsp3) is 0.588. The summed E-state index contributed by atoms with van der Waals surface area (Å²) < 4.78 is 33.6. The molecular formula is C17H26N2O4S. The van der Waals surface area contributed by atoms with Crippen LogP contribution in [0.1, 0.15) is 52.4 Å². The van der Waals surface area contributed by atoms with Crippen molar-refractivity contribution in [2.24, 2.45) is 0 Å². The van der Waals surface area contributed by atoms with Gasteiger partial charge >= 0.3 is 0 Å². The van der Waals surface area contributed by atoms with E-state index < -0.39 is 10.0 Å². The van der Waals surface area contributed by atoms with Gasteiger partial charge in [0.15, 0.2) is 0 Å². The summed E-state index contributed by atoms with van der Waals surface area (Å²) in [4.78, 5) is 11.5. The first-order valence-corrected chi connectivity index (χ1v) is 9.97. The number of hydrogen-bond acceptors (Lipinski definition) is 4. The second kappa shape index (κ2) is 8.48. The van der Waals surface area contributed by atoms with E-state index in [1.807, 2.05) is 6.92 Å². The zero-order valence-corrected chi connectivity index (χ0v) is 15.1. The van der Waals surface area contributed by atoms with Crippen LogP contribution in [0.2, 0.25) is 0 Å². The number of hydrogen-bond donors (Lipinski definition) is 2. The molecule has 1 aromatic rings. The first-order chi connectivity index (χ1) is 11.4. The molecule has 0 unspecified atom stereocenters. The third-order valence-corrected chi connectivity index (χ3v) is 5.57. The molecule has 134 valence electrons. The molecule has 7 heteroatoms. The lowest BCUT2D eigenvalue weighted by molar-refractivity contribution is -0.114. The van der Waals surface area contributed by atoms with Crippen molar-refractivity contribution in [3.05, 3.63) is 18.2 Å². The van der Waals surface area contributed by atoms with Gasteiger partial charge in [0.05, 0.1) is 17.2 Å².